The van der Waals surface area contributed by atoms with Gasteiger partial charge in [0.1, 0.15) is 12.4 Å². The van der Waals surface area contributed by atoms with Gasteiger partial charge >= 0.3 is 0 Å². The van der Waals surface area contributed by atoms with Crippen LogP contribution in [0.3, 0.4) is 0 Å². The molecular weight excluding hydrogens is 226 g/mol. The number of ether oxygens (including phenoxy) is 1. The number of nitrogens with zero attached hydrogens (tertiary/aromatic N) is 2. The molecule has 4 nitrogen and oxygen atoms in total. The molecule has 1 rings (SSSR count). The van der Waals surface area contributed by atoms with E-state index in [0.717, 1.165) is 43.1 Å². The quantitative estimate of drug-likeness (QED) is 0.732. The maximum atomic E-state index is 5.39. The van der Waals surface area contributed by atoms with Crippen LogP contribution >= 0.6 is 0 Å². The van der Waals surface area contributed by atoms with Crippen molar-refractivity contribution in [1.29, 1.82) is 0 Å². The molecule has 0 bridgehead atoms. The monoisotopic (exact) mass is 251 g/mol. The van der Waals surface area contributed by atoms with Gasteiger partial charge in [0.05, 0.1) is 0 Å². The van der Waals surface area contributed by atoms with E-state index in [1.807, 2.05) is 6.92 Å². The van der Waals surface area contributed by atoms with E-state index in [4.69, 9.17) is 4.74 Å². The molecule has 0 unspecified atom stereocenters. The Labute approximate surface area is 110 Å². The SMILES string of the molecule is CCCCc1cc(NCCC)nc(COCC)n1. The average molecular weight is 251 g/mol. The lowest BCUT2D eigenvalue weighted by molar-refractivity contribution is 0.128. The van der Waals surface area contributed by atoms with Gasteiger partial charge in [-0.15, -0.1) is 0 Å². The molecule has 0 aliphatic rings. The van der Waals surface area contributed by atoms with Gasteiger partial charge < -0.3 is 10.1 Å². The zero-order valence-electron chi connectivity index (χ0n) is 11.8. The Kier molecular flexibility index (Phi) is 7.34. The molecule has 1 heterocycles. The molecule has 1 aromatic heterocycles. The zero-order valence-corrected chi connectivity index (χ0v) is 11.8. The van der Waals surface area contributed by atoms with Crippen molar-refractivity contribution >= 4 is 5.82 Å². The lowest BCUT2D eigenvalue weighted by Crippen LogP contribution is -2.08. The summed E-state index contributed by atoms with van der Waals surface area (Å²) >= 11 is 0. The fourth-order valence-electron chi connectivity index (χ4n) is 1.64. The largest absolute Gasteiger partial charge is 0.374 e. The Morgan fingerprint density at radius 2 is 2.00 bits per heavy atom. The van der Waals surface area contributed by atoms with Crippen molar-refractivity contribution in [2.45, 2.75) is 53.1 Å². The maximum Gasteiger partial charge on any atom is 0.156 e. The van der Waals surface area contributed by atoms with Crippen LogP contribution in [0.4, 0.5) is 5.82 Å². The molecule has 0 atom stereocenters. The highest BCUT2D eigenvalue weighted by Gasteiger charge is 2.04. The number of aromatic nitrogens is 2. The highest BCUT2D eigenvalue weighted by atomic mass is 16.5. The van der Waals surface area contributed by atoms with E-state index >= 15 is 0 Å². The topological polar surface area (TPSA) is 47.0 Å². The summed E-state index contributed by atoms with van der Waals surface area (Å²) in [7, 11) is 0. The summed E-state index contributed by atoms with van der Waals surface area (Å²) in [6.07, 6.45) is 4.45. The number of unbranched alkanes of at least 4 members (excludes halogenated alkanes) is 1. The second-order valence-electron chi connectivity index (χ2n) is 4.33. The molecule has 102 valence electrons. The minimum absolute atomic E-state index is 0.497. The van der Waals surface area contributed by atoms with Crippen LogP contribution in [0.5, 0.6) is 0 Å². The molecule has 4 heteroatoms. The van der Waals surface area contributed by atoms with Crippen LogP contribution in [0.25, 0.3) is 0 Å². The van der Waals surface area contributed by atoms with Crippen LogP contribution in [0.15, 0.2) is 6.07 Å². The second-order valence-corrected chi connectivity index (χ2v) is 4.33. The van der Waals surface area contributed by atoms with E-state index in [9.17, 15) is 0 Å². The lowest BCUT2D eigenvalue weighted by atomic mass is 10.2. The van der Waals surface area contributed by atoms with Gasteiger partial charge in [0.15, 0.2) is 5.82 Å². The normalized spacial score (nSPS) is 10.6. The number of nitrogens with one attached hydrogen (secondary N) is 1. The van der Waals surface area contributed by atoms with Gasteiger partial charge in [0.25, 0.3) is 0 Å². The smallest absolute Gasteiger partial charge is 0.156 e. The molecule has 0 saturated heterocycles. The van der Waals surface area contributed by atoms with Crippen LogP contribution in [-0.4, -0.2) is 23.1 Å². The van der Waals surface area contributed by atoms with Crippen LogP contribution in [-0.2, 0) is 17.8 Å². The van der Waals surface area contributed by atoms with Gasteiger partial charge in [-0.05, 0) is 26.2 Å². The summed E-state index contributed by atoms with van der Waals surface area (Å²) in [5.74, 6) is 1.71. The van der Waals surface area contributed by atoms with Crippen LogP contribution < -0.4 is 5.32 Å². The number of hydrogen-bond acceptors (Lipinski definition) is 4. The van der Waals surface area contributed by atoms with Crippen LogP contribution in [0, 0.1) is 0 Å². The molecule has 0 saturated carbocycles. The number of hydrogen-bond donors (Lipinski definition) is 1. The summed E-state index contributed by atoms with van der Waals surface area (Å²) in [6, 6.07) is 2.06. The third kappa shape index (κ3) is 5.45. The van der Waals surface area contributed by atoms with Gasteiger partial charge in [0, 0.05) is 24.9 Å². The number of aryl methyl sites for hydroxylation is 1. The number of anilines is 1. The van der Waals surface area contributed by atoms with E-state index in [0.29, 0.717) is 13.2 Å². The molecule has 0 fully saturated rings. The van der Waals surface area contributed by atoms with E-state index in [1.54, 1.807) is 0 Å². The Bertz CT molecular complexity index is 277. The highest BCUT2D eigenvalue weighted by Crippen LogP contribution is 2.10. The Hall–Kier alpha value is -1.16. The lowest BCUT2D eigenvalue weighted by Gasteiger charge is -2.09. The molecule has 0 radical (unpaired) electrons. The fraction of sp³-hybridized carbons (Fsp3) is 0.714. The van der Waals surface area contributed by atoms with Gasteiger partial charge in [-0.1, -0.05) is 20.3 Å². The minimum Gasteiger partial charge on any atom is -0.374 e. The Balaban J connectivity index is 2.74. The van der Waals surface area contributed by atoms with Gasteiger partial charge in [-0.3, -0.25) is 0 Å². The average Bonchev–Trinajstić information content (AvgIpc) is 2.40. The summed E-state index contributed by atoms with van der Waals surface area (Å²) < 4.78 is 5.39. The molecule has 0 aliphatic heterocycles. The van der Waals surface area contributed by atoms with E-state index < -0.39 is 0 Å². The fourth-order valence-corrected chi connectivity index (χ4v) is 1.64. The Morgan fingerprint density at radius 1 is 1.17 bits per heavy atom. The predicted octanol–water partition coefficient (Wildman–Crippen LogP) is 3.18. The summed E-state index contributed by atoms with van der Waals surface area (Å²) in [5, 5.41) is 3.32. The first-order valence-electron chi connectivity index (χ1n) is 6.98. The molecule has 1 N–H and O–H groups in total. The van der Waals surface area contributed by atoms with Crippen molar-refractivity contribution in [2.24, 2.45) is 0 Å². The Morgan fingerprint density at radius 3 is 2.67 bits per heavy atom. The number of rotatable bonds is 9. The highest BCUT2D eigenvalue weighted by molar-refractivity contribution is 5.36. The third-order valence-electron chi connectivity index (χ3n) is 2.60. The van der Waals surface area contributed by atoms with E-state index in [2.05, 4.69) is 35.2 Å². The minimum atomic E-state index is 0.497. The van der Waals surface area contributed by atoms with Crippen molar-refractivity contribution in [3.8, 4) is 0 Å². The van der Waals surface area contributed by atoms with E-state index in [1.165, 1.54) is 6.42 Å². The van der Waals surface area contributed by atoms with Crippen molar-refractivity contribution in [3.63, 3.8) is 0 Å². The van der Waals surface area contributed by atoms with Gasteiger partial charge in [-0.2, -0.15) is 0 Å². The molecular formula is C14H25N3O. The van der Waals surface area contributed by atoms with Gasteiger partial charge in [-0.25, -0.2) is 9.97 Å². The molecule has 0 aliphatic carbocycles. The van der Waals surface area contributed by atoms with Crippen molar-refractivity contribution in [3.05, 3.63) is 17.6 Å². The standard InChI is InChI=1S/C14H25N3O/c1-4-7-8-12-10-13(15-9-5-2)17-14(16-12)11-18-6-3/h10H,4-9,11H2,1-3H3,(H,15,16,17). The summed E-state index contributed by atoms with van der Waals surface area (Å²) in [4.78, 5) is 9.01. The second kappa shape index (κ2) is 8.86. The van der Waals surface area contributed by atoms with Crippen molar-refractivity contribution in [2.75, 3.05) is 18.5 Å². The van der Waals surface area contributed by atoms with Gasteiger partial charge in [0.2, 0.25) is 0 Å². The zero-order chi connectivity index (χ0) is 13.2. The van der Waals surface area contributed by atoms with Crippen molar-refractivity contribution < 1.29 is 4.74 Å². The summed E-state index contributed by atoms with van der Waals surface area (Å²) in [5.41, 5.74) is 1.11. The van der Waals surface area contributed by atoms with Crippen LogP contribution in [0.1, 0.15) is 51.6 Å². The molecule has 18 heavy (non-hydrogen) atoms. The first kappa shape index (κ1) is 14.9. The van der Waals surface area contributed by atoms with E-state index in [-0.39, 0.29) is 0 Å². The molecule has 0 amide bonds. The molecule has 0 aromatic carbocycles. The van der Waals surface area contributed by atoms with Crippen LogP contribution in [0.2, 0.25) is 0 Å². The molecule has 1 aromatic rings. The first-order valence-corrected chi connectivity index (χ1v) is 6.98. The maximum absolute atomic E-state index is 5.39. The molecule has 0 spiro atoms. The van der Waals surface area contributed by atoms with Crippen molar-refractivity contribution in [1.82, 2.24) is 9.97 Å². The first-order chi connectivity index (χ1) is 8.80. The third-order valence-corrected chi connectivity index (χ3v) is 2.60. The predicted molar refractivity (Wildman–Crippen MR) is 74.8 cm³/mol. The summed E-state index contributed by atoms with van der Waals surface area (Å²) in [6.45, 7) is 8.46.